The standard InChI is InChI=1S/C14H23NO5/c1-6-9(2)7-11(16)10(8-12(17)18)15-13(19)20-14(3,4)5/h6,9-10H,1,7-8H2,2-5H3,(H,15,19)(H,17,18). The molecule has 114 valence electrons. The lowest BCUT2D eigenvalue weighted by atomic mass is 9.98. The number of aliphatic carboxylic acids is 1. The van der Waals surface area contributed by atoms with Crippen molar-refractivity contribution in [1.82, 2.24) is 5.32 Å². The summed E-state index contributed by atoms with van der Waals surface area (Å²) >= 11 is 0. The van der Waals surface area contributed by atoms with Crippen LogP contribution in [0, 0.1) is 5.92 Å². The predicted octanol–water partition coefficient (Wildman–Crippen LogP) is 2.14. The van der Waals surface area contributed by atoms with Crippen LogP contribution in [0.25, 0.3) is 0 Å². The van der Waals surface area contributed by atoms with Crippen LogP contribution in [0.3, 0.4) is 0 Å². The summed E-state index contributed by atoms with van der Waals surface area (Å²) in [6.07, 6.45) is 0.450. The first-order valence-corrected chi connectivity index (χ1v) is 6.41. The summed E-state index contributed by atoms with van der Waals surface area (Å²) in [4.78, 5) is 34.4. The first-order chi connectivity index (χ1) is 9.05. The molecule has 0 spiro atoms. The lowest BCUT2D eigenvalue weighted by molar-refractivity contribution is -0.139. The molecule has 0 heterocycles. The van der Waals surface area contributed by atoms with Gasteiger partial charge < -0.3 is 15.2 Å². The van der Waals surface area contributed by atoms with Gasteiger partial charge in [0.2, 0.25) is 0 Å². The van der Waals surface area contributed by atoms with Gasteiger partial charge in [-0.3, -0.25) is 9.59 Å². The van der Waals surface area contributed by atoms with E-state index in [-0.39, 0.29) is 18.1 Å². The average molecular weight is 285 g/mol. The van der Waals surface area contributed by atoms with E-state index < -0.39 is 30.1 Å². The van der Waals surface area contributed by atoms with Gasteiger partial charge in [-0.05, 0) is 26.7 Å². The lowest BCUT2D eigenvalue weighted by Crippen LogP contribution is -2.44. The minimum atomic E-state index is -1.16. The second-order valence-electron chi connectivity index (χ2n) is 5.68. The molecular weight excluding hydrogens is 262 g/mol. The van der Waals surface area contributed by atoms with Crippen LogP contribution in [-0.4, -0.2) is 34.6 Å². The Kier molecular flexibility index (Phi) is 6.96. The maximum absolute atomic E-state index is 12.0. The predicted molar refractivity (Wildman–Crippen MR) is 74.4 cm³/mol. The van der Waals surface area contributed by atoms with Gasteiger partial charge in [-0.2, -0.15) is 0 Å². The fourth-order valence-corrected chi connectivity index (χ4v) is 1.41. The number of alkyl carbamates (subject to hydrolysis) is 1. The first-order valence-electron chi connectivity index (χ1n) is 6.41. The summed E-state index contributed by atoms with van der Waals surface area (Å²) < 4.78 is 5.02. The Labute approximate surface area is 119 Å². The Balaban J connectivity index is 4.71. The maximum atomic E-state index is 12.0. The number of ketones is 1. The quantitative estimate of drug-likeness (QED) is 0.699. The van der Waals surface area contributed by atoms with Crippen molar-refractivity contribution >= 4 is 17.8 Å². The summed E-state index contributed by atoms with van der Waals surface area (Å²) in [5.74, 6) is -1.60. The third-order valence-electron chi connectivity index (χ3n) is 2.38. The van der Waals surface area contributed by atoms with Gasteiger partial charge in [0.15, 0.2) is 5.78 Å². The van der Waals surface area contributed by atoms with Gasteiger partial charge in [-0.1, -0.05) is 13.0 Å². The summed E-state index contributed by atoms with van der Waals surface area (Å²) in [5.41, 5.74) is -0.713. The molecule has 20 heavy (non-hydrogen) atoms. The minimum absolute atomic E-state index is 0.0840. The highest BCUT2D eigenvalue weighted by Gasteiger charge is 2.26. The number of ether oxygens (including phenoxy) is 1. The lowest BCUT2D eigenvalue weighted by Gasteiger charge is -2.22. The fraction of sp³-hybridized carbons (Fsp3) is 0.643. The van der Waals surface area contributed by atoms with Gasteiger partial charge in [0, 0.05) is 6.42 Å². The molecule has 2 atom stereocenters. The van der Waals surface area contributed by atoms with Gasteiger partial charge in [-0.25, -0.2) is 4.79 Å². The SMILES string of the molecule is C=CC(C)CC(=O)C(CC(=O)O)NC(=O)OC(C)(C)C. The molecule has 0 saturated carbocycles. The molecule has 6 nitrogen and oxygen atoms in total. The van der Waals surface area contributed by atoms with E-state index in [1.54, 1.807) is 33.8 Å². The molecule has 6 heteroatoms. The Morgan fingerprint density at radius 1 is 1.30 bits per heavy atom. The molecule has 0 radical (unpaired) electrons. The molecule has 0 aromatic heterocycles. The first kappa shape index (κ1) is 18.1. The summed E-state index contributed by atoms with van der Waals surface area (Å²) in [6, 6.07) is -1.09. The van der Waals surface area contributed by atoms with Crippen LogP contribution in [0.2, 0.25) is 0 Å². The Hall–Kier alpha value is -1.85. The number of hydrogen-bond donors (Lipinski definition) is 2. The van der Waals surface area contributed by atoms with Gasteiger partial charge in [-0.15, -0.1) is 6.58 Å². The number of nitrogens with one attached hydrogen (secondary N) is 1. The Bertz CT molecular complexity index is 384. The molecule has 0 aromatic rings. The van der Waals surface area contributed by atoms with E-state index in [2.05, 4.69) is 11.9 Å². The molecule has 0 aliphatic carbocycles. The van der Waals surface area contributed by atoms with Crippen molar-refractivity contribution in [2.75, 3.05) is 0 Å². The Morgan fingerprint density at radius 2 is 1.85 bits per heavy atom. The highest BCUT2D eigenvalue weighted by molar-refractivity contribution is 5.90. The van der Waals surface area contributed by atoms with E-state index in [9.17, 15) is 14.4 Å². The van der Waals surface area contributed by atoms with E-state index in [4.69, 9.17) is 9.84 Å². The molecule has 2 N–H and O–H groups in total. The van der Waals surface area contributed by atoms with Crippen molar-refractivity contribution in [3.63, 3.8) is 0 Å². The van der Waals surface area contributed by atoms with Gasteiger partial charge in [0.1, 0.15) is 11.6 Å². The van der Waals surface area contributed by atoms with E-state index in [1.807, 2.05) is 0 Å². The number of rotatable bonds is 7. The number of allylic oxidation sites excluding steroid dienone is 1. The molecule has 0 aromatic carbocycles. The number of carboxylic acids is 1. The second kappa shape index (κ2) is 7.67. The smallest absolute Gasteiger partial charge is 0.408 e. The number of amides is 1. The van der Waals surface area contributed by atoms with E-state index >= 15 is 0 Å². The van der Waals surface area contributed by atoms with Crippen molar-refractivity contribution in [2.24, 2.45) is 5.92 Å². The topological polar surface area (TPSA) is 92.7 Å². The maximum Gasteiger partial charge on any atom is 0.408 e. The van der Waals surface area contributed by atoms with Gasteiger partial charge >= 0.3 is 12.1 Å². The highest BCUT2D eigenvalue weighted by atomic mass is 16.6. The van der Waals surface area contributed by atoms with Crippen molar-refractivity contribution in [1.29, 1.82) is 0 Å². The Morgan fingerprint density at radius 3 is 2.25 bits per heavy atom. The third kappa shape index (κ3) is 8.29. The summed E-state index contributed by atoms with van der Waals surface area (Å²) in [7, 11) is 0. The molecule has 0 saturated heterocycles. The number of hydrogen-bond acceptors (Lipinski definition) is 4. The summed E-state index contributed by atoms with van der Waals surface area (Å²) in [5, 5.41) is 11.1. The zero-order chi connectivity index (χ0) is 15.9. The molecule has 0 rings (SSSR count). The van der Waals surface area contributed by atoms with E-state index in [1.165, 1.54) is 0 Å². The van der Waals surface area contributed by atoms with Gasteiger partial charge in [0.05, 0.1) is 6.42 Å². The van der Waals surface area contributed by atoms with Gasteiger partial charge in [0.25, 0.3) is 0 Å². The van der Waals surface area contributed by atoms with Crippen LogP contribution in [-0.2, 0) is 14.3 Å². The third-order valence-corrected chi connectivity index (χ3v) is 2.38. The van der Waals surface area contributed by atoms with Crippen LogP contribution >= 0.6 is 0 Å². The van der Waals surface area contributed by atoms with Crippen LogP contribution in [0.1, 0.15) is 40.5 Å². The van der Waals surface area contributed by atoms with E-state index in [0.717, 1.165) is 0 Å². The zero-order valence-corrected chi connectivity index (χ0v) is 12.4. The molecule has 1 amide bonds. The van der Waals surface area contributed by atoms with Crippen molar-refractivity contribution < 1.29 is 24.2 Å². The summed E-state index contributed by atoms with van der Waals surface area (Å²) in [6.45, 7) is 10.4. The molecule has 0 fully saturated rings. The normalized spacial score (nSPS) is 14.0. The number of carbonyl (C=O) groups excluding carboxylic acids is 2. The van der Waals surface area contributed by atoms with Crippen LogP contribution in [0.4, 0.5) is 4.79 Å². The van der Waals surface area contributed by atoms with E-state index in [0.29, 0.717) is 0 Å². The monoisotopic (exact) mass is 285 g/mol. The zero-order valence-electron chi connectivity index (χ0n) is 12.4. The largest absolute Gasteiger partial charge is 0.481 e. The molecule has 2 unspecified atom stereocenters. The number of Topliss-reactive ketones (excluding diaryl/α,β-unsaturated/α-hetero) is 1. The fourth-order valence-electron chi connectivity index (χ4n) is 1.41. The number of carboxylic acid groups (broad SMARTS) is 1. The van der Waals surface area contributed by atoms with Crippen molar-refractivity contribution in [3.8, 4) is 0 Å². The molecule has 0 aliphatic rings. The minimum Gasteiger partial charge on any atom is -0.481 e. The van der Waals surface area contributed by atoms with Crippen molar-refractivity contribution in [2.45, 2.75) is 52.2 Å². The average Bonchev–Trinajstić information content (AvgIpc) is 2.24. The highest BCUT2D eigenvalue weighted by Crippen LogP contribution is 2.10. The molecule has 0 bridgehead atoms. The van der Waals surface area contributed by atoms with Crippen LogP contribution in [0.5, 0.6) is 0 Å². The van der Waals surface area contributed by atoms with Crippen LogP contribution < -0.4 is 5.32 Å². The number of carbonyl (C=O) groups is 3. The molecular formula is C14H23NO5. The van der Waals surface area contributed by atoms with Crippen molar-refractivity contribution in [3.05, 3.63) is 12.7 Å². The molecule has 0 aliphatic heterocycles. The van der Waals surface area contributed by atoms with Crippen LogP contribution in [0.15, 0.2) is 12.7 Å². The second-order valence-corrected chi connectivity index (χ2v) is 5.68.